The van der Waals surface area contributed by atoms with Gasteiger partial charge in [-0.1, -0.05) is 36.4 Å². The summed E-state index contributed by atoms with van der Waals surface area (Å²) in [4.78, 5) is 21.5. The molecule has 2 bridgehead atoms. The Morgan fingerprint density at radius 1 is 0.886 bits per heavy atom. The molecule has 4 aliphatic rings. The molecule has 6 rings (SSSR count). The topological polar surface area (TPSA) is 59.5 Å². The number of ether oxygens (including phenoxy) is 1. The lowest BCUT2D eigenvalue weighted by Gasteiger charge is -2.36. The average molecular weight is 477 g/mol. The predicted octanol–water partition coefficient (Wildman–Crippen LogP) is 2.71. The normalized spacial score (nSPS) is 25.3. The third kappa shape index (κ3) is 4.77. The van der Waals surface area contributed by atoms with Crippen LogP contribution in [0.4, 0.5) is 10.5 Å². The molecule has 0 saturated carbocycles. The van der Waals surface area contributed by atoms with Crippen molar-refractivity contribution in [3.63, 3.8) is 0 Å². The number of β-amino-alcohol motifs (C(OH)–C–C–N with tert-alkyl or cyclic N) is 1. The zero-order valence-electron chi connectivity index (χ0n) is 20.4. The van der Waals surface area contributed by atoms with Crippen LogP contribution in [0.25, 0.3) is 0 Å². The highest BCUT2D eigenvalue weighted by Gasteiger charge is 2.37. The summed E-state index contributed by atoms with van der Waals surface area (Å²) in [6, 6.07) is 18.3. The van der Waals surface area contributed by atoms with E-state index in [0.717, 1.165) is 38.3 Å². The number of benzene rings is 2. The smallest absolute Gasteiger partial charge is 0.320 e. The van der Waals surface area contributed by atoms with Crippen LogP contribution in [-0.2, 0) is 24.2 Å². The molecule has 2 aromatic rings. The Morgan fingerprint density at radius 3 is 2.37 bits per heavy atom. The van der Waals surface area contributed by atoms with Crippen LogP contribution in [0.2, 0.25) is 0 Å². The van der Waals surface area contributed by atoms with Crippen molar-refractivity contribution < 1.29 is 14.6 Å². The minimum absolute atomic E-state index is 0.0309. The minimum Gasteiger partial charge on any atom is -0.390 e. The molecule has 3 saturated heterocycles. The molecule has 3 fully saturated rings. The fraction of sp³-hybridized carbons (Fsp3) is 0.536. The first-order chi connectivity index (χ1) is 17.1. The molecule has 4 heterocycles. The Kier molecular flexibility index (Phi) is 6.39. The largest absolute Gasteiger partial charge is 0.390 e. The molecule has 35 heavy (non-hydrogen) atoms. The lowest BCUT2D eigenvalue weighted by Crippen LogP contribution is -2.45. The highest BCUT2D eigenvalue weighted by molar-refractivity contribution is 5.76. The highest BCUT2D eigenvalue weighted by atomic mass is 16.5. The molecule has 4 aliphatic heterocycles. The molecule has 186 valence electrons. The number of hydrogen-bond donors (Lipinski definition) is 1. The van der Waals surface area contributed by atoms with Crippen LogP contribution in [0.3, 0.4) is 0 Å². The zero-order chi connectivity index (χ0) is 23.8. The first-order valence-electron chi connectivity index (χ1n) is 13.1. The number of aliphatic hydroxyl groups excluding tert-OH is 1. The van der Waals surface area contributed by atoms with E-state index >= 15 is 0 Å². The molecule has 2 amide bonds. The van der Waals surface area contributed by atoms with Crippen molar-refractivity contribution in [2.24, 2.45) is 0 Å². The lowest BCUT2D eigenvalue weighted by molar-refractivity contribution is 0.0812. The van der Waals surface area contributed by atoms with E-state index in [4.69, 9.17) is 4.74 Å². The van der Waals surface area contributed by atoms with Crippen LogP contribution in [0.1, 0.15) is 29.5 Å². The van der Waals surface area contributed by atoms with Gasteiger partial charge in [0.1, 0.15) is 0 Å². The Morgan fingerprint density at radius 2 is 1.60 bits per heavy atom. The number of nitrogens with zero attached hydrogens (tertiary/aromatic N) is 4. The van der Waals surface area contributed by atoms with Crippen LogP contribution >= 0.6 is 0 Å². The molecule has 2 unspecified atom stereocenters. The predicted molar refractivity (Wildman–Crippen MR) is 135 cm³/mol. The van der Waals surface area contributed by atoms with Gasteiger partial charge in [-0.05, 0) is 48.1 Å². The van der Waals surface area contributed by atoms with E-state index in [1.54, 1.807) is 0 Å². The summed E-state index contributed by atoms with van der Waals surface area (Å²) >= 11 is 0. The Hall–Kier alpha value is -2.61. The van der Waals surface area contributed by atoms with Crippen molar-refractivity contribution in [3.05, 3.63) is 65.2 Å². The second kappa shape index (κ2) is 9.80. The van der Waals surface area contributed by atoms with Gasteiger partial charge in [-0.15, -0.1) is 0 Å². The molecular weight excluding hydrogens is 440 g/mol. The van der Waals surface area contributed by atoms with Gasteiger partial charge in [0.05, 0.1) is 31.4 Å². The van der Waals surface area contributed by atoms with E-state index in [2.05, 4.69) is 58.3 Å². The van der Waals surface area contributed by atoms with Gasteiger partial charge in [0.15, 0.2) is 0 Å². The number of fused-ring (bicyclic) bond motifs is 3. The summed E-state index contributed by atoms with van der Waals surface area (Å²) in [5.41, 5.74) is 5.18. The highest BCUT2D eigenvalue weighted by Crippen LogP contribution is 2.34. The van der Waals surface area contributed by atoms with E-state index in [9.17, 15) is 9.90 Å². The van der Waals surface area contributed by atoms with E-state index in [1.807, 2.05) is 9.80 Å². The van der Waals surface area contributed by atoms with Gasteiger partial charge in [-0.2, -0.15) is 0 Å². The monoisotopic (exact) mass is 476 g/mol. The van der Waals surface area contributed by atoms with Crippen molar-refractivity contribution in [2.75, 3.05) is 50.8 Å². The van der Waals surface area contributed by atoms with Crippen molar-refractivity contribution in [2.45, 2.75) is 50.5 Å². The van der Waals surface area contributed by atoms with E-state index in [0.29, 0.717) is 44.8 Å². The summed E-state index contributed by atoms with van der Waals surface area (Å²) in [7, 11) is 0. The fourth-order valence-electron chi connectivity index (χ4n) is 6.31. The number of morpholine rings is 1. The number of hydrogen-bond acceptors (Lipinski definition) is 5. The van der Waals surface area contributed by atoms with Gasteiger partial charge >= 0.3 is 6.03 Å². The Bertz CT molecular complexity index is 1030. The van der Waals surface area contributed by atoms with Crippen molar-refractivity contribution in [1.82, 2.24) is 14.7 Å². The van der Waals surface area contributed by atoms with E-state index < -0.39 is 6.10 Å². The number of carbonyl (C=O) groups is 1. The second-order valence-electron chi connectivity index (χ2n) is 10.6. The molecule has 7 heteroatoms. The van der Waals surface area contributed by atoms with Crippen LogP contribution < -0.4 is 4.90 Å². The summed E-state index contributed by atoms with van der Waals surface area (Å²) in [6.07, 6.45) is 2.90. The zero-order valence-corrected chi connectivity index (χ0v) is 20.4. The summed E-state index contributed by atoms with van der Waals surface area (Å²) in [5.74, 6) is 0. The second-order valence-corrected chi connectivity index (χ2v) is 10.6. The van der Waals surface area contributed by atoms with Crippen LogP contribution in [-0.4, -0.2) is 90.0 Å². The standard InChI is InChI=1S/C28H36N4O3/c33-27(17-29-12-11-22-3-1-2-4-23(22)16-29)18-31-14-13-30(28(31)34)15-21-5-7-24(8-6-21)32-25-9-10-26(32)20-35-19-25/h1-8,25-27,33H,9-20H2/t25?,26?,27-/m1/s1. The third-order valence-electron chi connectivity index (χ3n) is 8.14. The maximum atomic E-state index is 13.0. The molecule has 1 N–H and O–H groups in total. The van der Waals surface area contributed by atoms with Gasteiger partial charge in [-0.25, -0.2) is 4.79 Å². The third-order valence-corrected chi connectivity index (χ3v) is 8.14. The van der Waals surface area contributed by atoms with Crippen LogP contribution in [0.5, 0.6) is 0 Å². The number of anilines is 1. The fourth-order valence-corrected chi connectivity index (χ4v) is 6.31. The van der Waals surface area contributed by atoms with Crippen molar-refractivity contribution >= 4 is 11.7 Å². The van der Waals surface area contributed by atoms with Crippen LogP contribution in [0.15, 0.2) is 48.5 Å². The average Bonchev–Trinajstić information content (AvgIpc) is 3.33. The lowest BCUT2D eigenvalue weighted by atomic mass is 10.00. The maximum Gasteiger partial charge on any atom is 0.320 e. The molecule has 0 spiro atoms. The van der Waals surface area contributed by atoms with Gasteiger partial charge in [0.2, 0.25) is 0 Å². The first-order valence-corrected chi connectivity index (χ1v) is 13.1. The molecule has 0 aliphatic carbocycles. The molecule has 0 radical (unpaired) electrons. The van der Waals surface area contributed by atoms with E-state index in [-0.39, 0.29) is 6.03 Å². The molecule has 0 aromatic heterocycles. The summed E-state index contributed by atoms with van der Waals surface area (Å²) in [6.45, 7) is 6.47. The molecule has 7 nitrogen and oxygen atoms in total. The number of carbonyl (C=O) groups excluding carboxylic acids is 1. The first kappa shape index (κ1) is 22.8. The molecule has 3 atom stereocenters. The Labute approximate surface area is 207 Å². The number of aliphatic hydroxyl groups is 1. The number of amides is 2. The SMILES string of the molecule is O=C1N(Cc2ccc(N3C4CCC3COC4)cc2)CCN1C[C@H](O)CN1CCc2ccccc2C1. The van der Waals surface area contributed by atoms with Gasteiger partial charge in [0.25, 0.3) is 0 Å². The number of rotatable bonds is 7. The molecule has 2 aromatic carbocycles. The minimum atomic E-state index is -0.535. The Balaban J connectivity index is 1.00. The van der Waals surface area contributed by atoms with Gasteiger partial charge < -0.3 is 24.5 Å². The summed E-state index contributed by atoms with van der Waals surface area (Å²) < 4.78 is 5.72. The van der Waals surface area contributed by atoms with Crippen LogP contribution in [0, 0.1) is 0 Å². The van der Waals surface area contributed by atoms with Gasteiger partial charge in [0, 0.05) is 51.5 Å². The van der Waals surface area contributed by atoms with E-state index in [1.165, 1.54) is 29.7 Å². The maximum absolute atomic E-state index is 13.0. The quantitative estimate of drug-likeness (QED) is 0.666. The molecular formula is C28H36N4O3. The van der Waals surface area contributed by atoms with Crippen molar-refractivity contribution in [3.8, 4) is 0 Å². The summed E-state index contributed by atoms with van der Waals surface area (Å²) in [5, 5.41) is 10.7. The van der Waals surface area contributed by atoms with Gasteiger partial charge in [-0.3, -0.25) is 4.90 Å². The van der Waals surface area contributed by atoms with Crippen molar-refractivity contribution in [1.29, 1.82) is 0 Å². The number of urea groups is 1.